The Morgan fingerprint density at radius 1 is 1.44 bits per heavy atom. The highest BCUT2D eigenvalue weighted by molar-refractivity contribution is 9.09. The fourth-order valence-corrected chi connectivity index (χ4v) is 1.96. The summed E-state index contributed by atoms with van der Waals surface area (Å²) in [5.41, 5.74) is 0.956. The van der Waals surface area contributed by atoms with E-state index in [1.54, 1.807) is 4.68 Å². The van der Waals surface area contributed by atoms with Gasteiger partial charge in [-0.1, -0.05) is 40.1 Å². The van der Waals surface area contributed by atoms with Gasteiger partial charge in [-0.05, 0) is 5.92 Å². The first-order valence-corrected chi connectivity index (χ1v) is 7.06. The predicted molar refractivity (Wildman–Crippen MR) is 69.5 cm³/mol. The summed E-state index contributed by atoms with van der Waals surface area (Å²) in [6, 6.07) is 0. The Kier molecular flexibility index (Phi) is 4.46. The third-order valence-electron chi connectivity index (χ3n) is 2.33. The van der Waals surface area contributed by atoms with Gasteiger partial charge in [0.15, 0.2) is 5.82 Å². The number of aryl methyl sites for hydroxylation is 1. The van der Waals surface area contributed by atoms with E-state index in [4.69, 9.17) is 4.52 Å². The zero-order valence-electron chi connectivity index (χ0n) is 10.5. The first-order chi connectivity index (χ1) is 8.67. The molecule has 0 amide bonds. The molecule has 0 bridgehead atoms. The molecule has 2 rings (SSSR count). The Labute approximate surface area is 114 Å². The molecule has 2 heterocycles. The van der Waals surface area contributed by atoms with E-state index in [0.29, 0.717) is 24.2 Å². The molecular weight excluding hydrogens is 298 g/mol. The largest absolute Gasteiger partial charge is 0.339 e. The molecule has 0 aliphatic rings. The van der Waals surface area contributed by atoms with E-state index >= 15 is 0 Å². The second-order valence-corrected chi connectivity index (χ2v) is 5.34. The highest BCUT2D eigenvalue weighted by atomic mass is 79.9. The first-order valence-electron chi connectivity index (χ1n) is 5.94. The van der Waals surface area contributed by atoms with Crippen molar-refractivity contribution in [2.24, 2.45) is 5.92 Å². The Balaban J connectivity index is 1.97. The molecule has 0 radical (unpaired) electrons. The monoisotopic (exact) mass is 313 g/mol. The zero-order valence-corrected chi connectivity index (χ0v) is 12.1. The van der Waals surface area contributed by atoms with E-state index in [2.05, 4.69) is 50.2 Å². The lowest BCUT2D eigenvalue weighted by Gasteiger charge is -1.96. The molecule has 0 atom stereocenters. The Bertz CT molecular complexity index is 493. The summed E-state index contributed by atoms with van der Waals surface area (Å²) in [5.74, 6) is 1.83. The number of nitrogens with zero attached hydrogens (tertiary/aromatic N) is 5. The van der Waals surface area contributed by atoms with Crippen molar-refractivity contribution < 1.29 is 4.52 Å². The molecule has 0 N–H and O–H groups in total. The molecule has 18 heavy (non-hydrogen) atoms. The molecule has 0 aromatic carbocycles. The van der Waals surface area contributed by atoms with E-state index < -0.39 is 0 Å². The van der Waals surface area contributed by atoms with Crippen LogP contribution in [0.4, 0.5) is 0 Å². The Morgan fingerprint density at radius 2 is 2.28 bits per heavy atom. The van der Waals surface area contributed by atoms with Gasteiger partial charge in [0, 0.05) is 24.4 Å². The van der Waals surface area contributed by atoms with Gasteiger partial charge in [0.1, 0.15) is 6.54 Å². The van der Waals surface area contributed by atoms with Crippen LogP contribution in [0.25, 0.3) is 0 Å². The van der Waals surface area contributed by atoms with Gasteiger partial charge in [-0.3, -0.25) is 0 Å². The van der Waals surface area contributed by atoms with E-state index in [9.17, 15) is 0 Å². The van der Waals surface area contributed by atoms with Crippen molar-refractivity contribution in [3.63, 3.8) is 0 Å². The molecule has 6 nitrogen and oxygen atoms in total. The summed E-state index contributed by atoms with van der Waals surface area (Å²) >= 11 is 3.37. The highest BCUT2D eigenvalue weighted by Gasteiger charge is 2.09. The SMILES string of the molecule is CC(C)Cc1nc(Cn2cc(CCBr)nn2)no1. The van der Waals surface area contributed by atoms with Gasteiger partial charge in [-0.25, -0.2) is 4.68 Å². The summed E-state index contributed by atoms with van der Waals surface area (Å²) in [6.45, 7) is 4.73. The first kappa shape index (κ1) is 13.2. The van der Waals surface area contributed by atoms with Crippen LogP contribution in [0.3, 0.4) is 0 Å². The van der Waals surface area contributed by atoms with Crippen molar-refractivity contribution in [2.45, 2.75) is 33.2 Å². The van der Waals surface area contributed by atoms with Gasteiger partial charge in [0.2, 0.25) is 5.89 Å². The van der Waals surface area contributed by atoms with Crippen molar-refractivity contribution in [3.05, 3.63) is 23.6 Å². The van der Waals surface area contributed by atoms with Crippen LogP contribution in [-0.4, -0.2) is 30.5 Å². The van der Waals surface area contributed by atoms with E-state index in [1.165, 1.54) is 0 Å². The summed E-state index contributed by atoms with van der Waals surface area (Å²) in [7, 11) is 0. The Hall–Kier alpha value is -1.24. The van der Waals surface area contributed by atoms with Crippen LogP contribution in [0, 0.1) is 5.92 Å². The fourth-order valence-electron chi connectivity index (χ4n) is 1.56. The van der Waals surface area contributed by atoms with Crippen molar-refractivity contribution in [1.29, 1.82) is 0 Å². The minimum atomic E-state index is 0.497. The van der Waals surface area contributed by atoms with E-state index in [0.717, 1.165) is 23.9 Å². The van der Waals surface area contributed by atoms with Crippen LogP contribution in [0.2, 0.25) is 0 Å². The number of halogens is 1. The maximum absolute atomic E-state index is 5.17. The number of hydrogen-bond donors (Lipinski definition) is 0. The van der Waals surface area contributed by atoms with Gasteiger partial charge in [-0.2, -0.15) is 4.98 Å². The van der Waals surface area contributed by atoms with Crippen LogP contribution in [0.15, 0.2) is 10.7 Å². The minimum absolute atomic E-state index is 0.497. The van der Waals surface area contributed by atoms with Crippen LogP contribution in [-0.2, 0) is 19.4 Å². The van der Waals surface area contributed by atoms with Crippen molar-refractivity contribution in [1.82, 2.24) is 25.1 Å². The lowest BCUT2D eigenvalue weighted by atomic mass is 10.1. The van der Waals surface area contributed by atoms with Gasteiger partial charge < -0.3 is 4.52 Å². The van der Waals surface area contributed by atoms with Gasteiger partial charge >= 0.3 is 0 Å². The summed E-state index contributed by atoms with van der Waals surface area (Å²) < 4.78 is 6.90. The number of aromatic nitrogens is 5. The molecule has 2 aromatic rings. The van der Waals surface area contributed by atoms with Gasteiger partial charge in [-0.15, -0.1) is 5.10 Å². The molecule has 0 spiro atoms. The average Bonchev–Trinajstić information content (AvgIpc) is 2.89. The zero-order chi connectivity index (χ0) is 13.0. The third-order valence-corrected chi connectivity index (χ3v) is 2.73. The van der Waals surface area contributed by atoms with Crippen LogP contribution in [0.5, 0.6) is 0 Å². The molecule has 7 heteroatoms. The second-order valence-electron chi connectivity index (χ2n) is 4.55. The standard InChI is InChI=1S/C11H16BrN5O/c1-8(2)5-11-13-10(15-18-11)7-17-6-9(3-4-12)14-16-17/h6,8H,3-5,7H2,1-2H3. The van der Waals surface area contributed by atoms with E-state index in [1.807, 2.05) is 6.20 Å². The van der Waals surface area contributed by atoms with E-state index in [-0.39, 0.29) is 0 Å². The molecule has 2 aromatic heterocycles. The topological polar surface area (TPSA) is 69.6 Å². The summed E-state index contributed by atoms with van der Waals surface area (Å²) in [4.78, 5) is 4.33. The average molecular weight is 314 g/mol. The lowest BCUT2D eigenvalue weighted by molar-refractivity contribution is 0.357. The number of hydrogen-bond acceptors (Lipinski definition) is 5. The fraction of sp³-hybridized carbons (Fsp3) is 0.636. The molecule has 0 fully saturated rings. The maximum Gasteiger partial charge on any atom is 0.226 e. The van der Waals surface area contributed by atoms with Crippen molar-refractivity contribution >= 4 is 15.9 Å². The van der Waals surface area contributed by atoms with Crippen LogP contribution in [0.1, 0.15) is 31.3 Å². The third kappa shape index (κ3) is 3.63. The molecular formula is C11H16BrN5O. The molecule has 98 valence electrons. The normalized spacial score (nSPS) is 11.3. The van der Waals surface area contributed by atoms with Crippen LogP contribution < -0.4 is 0 Å². The Morgan fingerprint density at radius 3 is 3.00 bits per heavy atom. The minimum Gasteiger partial charge on any atom is -0.339 e. The molecule has 0 saturated heterocycles. The molecule has 0 aliphatic heterocycles. The lowest BCUT2D eigenvalue weighted by Crippen LogP contribution is -2.02. The van der Waals surface area contributed by atoms with Crippen molar-refractivity contribution in [3.8, 4) is 0 Å². The number of rotatable bonds is 6. The second kappa shape index (κ2) is 6.08. The van der Waals surface area contributed by atoms with Crippen LogP contribution >= 0.6 is 15.9 Å². The number of alkyl halides is 1. The summed E-state index contributed by atoms with van der Waals surface area (Å²) in [5, 5.41) is 12.9. The predicted octanol–water partition coefficient (Wildman–Crippen LogP) is 1.85. The van der Waals surface area contributed by atoms with Gasteiger partial charge in [0.05, 0.1) is 5.69 Å². The smallest absolute Gasteiger partial charge is 0.226 e. The van der Waals surface area contributed by atoms with Crippen molar-refractivity contribution in [2.75, 3.05) is 5.33 Å². The van der Waals surface area contributed by atoms with Gasteiger partial charge in [0.25, 0.3) is 0 Å². The maximum atomic E-state index is 5.17. The summed E-state index contributed by atoms with van der Waals surface area (Å²) in [6.07, 6.45) is 3.57. The molecule has 0 unspecified atom stereocenters. The highest BCUT2D eigenvalue weighted by Crippen LogP contribution is 2.06. The quantitative estimate of drug-likeness (QED) is 0.761. The molecule has 0 saturated carbocycles. The molecule has 0 aliphatic carbocycles.